The van der Waals surface area contributed by atoms with Gasteiger partial charge < -0.3 is 15.4 Å². The molecule has 0 bridgehead atoms. The average molecular weight is 290 g/mol. The third-order valence-electron chi connectivity index (χ3n) is 2.70. The molecule has 0 unspecified atom stereocenters. The smallest absolute Gasteiger partial charge is 0.407 e. The van der Waals surface area contributed by atoms with Crippen LogP contribution >= 0.6 is 0 Å². The van der Waals surface area contributed by atoms with Crippen molar-refractivity contribution < 1.29 is 14.3 Å². The summed E-state index contributed by atoms with van der Waals surface area (Å²) in [6.07, 6.45) is 4.57. The number of alkyl carbamates (subject to hydrolysis) is 1. The number of carbonyl (C=O) groups is 2. The van der Waals surface area contributed by atoms with Gasteiger partial charge in [-0.3, -0.25) is 4.79 Å². The van der Waals surface area contributed by atoms with Crippen molar-refractivity contribution in [3.63, 3.8) is 0 Å². The van der Waals surface area contributed by atoms with Gasteiger partial charge in [-0.05, 0) is 18.9 Å². The van der Waals surface area contributed by atoms with Crippen LogP contribution in [-0.2, 0) is 16.1 Å². The molecule has 2 N–H and O–H groups in total. The summed E-state index contributed by atoms with van der Waals surface area (Å²) in [6, 6.07) is 9.46. The third kappa shape index (κ3) is 8.47. The van der Waals surface area contributed by atoms with E-state index >= 15 is 0 Å². The number of amides is 2. The van der Waals surface area contributed by atoms with Crippen LogP contribution in [0.1, 0.15) is 25.3 Å². The van der Waals surface area contributed by atoms with Crippen LogP contribution in [0.15, 0.2) is 42.5 Å². The highest BCUT2D eigenvalue weighted by molar-refractivity contribution is 5.76. The molecule has 114 valence electrons. The van der Waals surface area contributed by atoms with E-state index in [2.05, 4.69) is 10.6 Å². The van der Waals surface area contributed by atoms with Crippen LogP contribution in [0.25, 0.3) is 0 Å². The molecule has 0 saturated carbocycles. The van der Waals surface area contributed by atoms with Crippen molar-refractivity contribution in [1.29, 1.82) is 0 Å². The van der Waals surface area contributed by atoms with Crippen LogP contribution < -0.4 is 10.6 Å². The van der Waals surface area contributed by atoms with Crippen molar-refractivity contribution in [2.45, 2.75) is 26.4 Å². The molecule has 5 heteroatoms. The lowest BCUT2D eigenvalue weighted by Crippen LogP contribution is -2.34. The number of carbonyl (C=O) groups excluding carboxylic acids is 2. The summed E-state index contributed by atoms with van der Waals surface area (Å²) in [5, 5.41) is 5.31. The van der Waals surface area contributed by atoms with Gasteiger partial charge in [0.2, 0.25) is 5.91 Å². The van der Waals surface area contributed by atoms with E-state index in [-0.39, 0.29) is 12.5 Å². The Balaban J connectivity index is 2.04. The fourth-order valence-electron chi connectivity index (χ4n) is 1.61. The minimum Gasteiger partial charge on any atom is -0.445 e. The Bertz CT molecular complexity index is 458. The van der Waals surface area contributed by atoms with Crippen LogP contribution in [0.2, 0.25) is 0 Å². The number of hydrogen-bond donors (Lipinski definition) is 2. The summed E-state index contributed by atoms with van der Waals surface area (Å²) >= 11 is 0. The summed E-state index contributed by atoms with van der Waals surface area (Å²) in [6.45, 7) is 2.91. The van der Waals surface area contributed by atoms with Crippen molar-refractivity contribution in [2.75, 3.05) is 13.1 Å². The molecule has 0 heterocycles. The zero-order valence-electron chi connectivity index (χ0n) is 12.3. The SMILES string of the molecule is C/C=C\CCC(=O)NCCNC(=O)OCc1ccccc1. The van der Waals surface area contributed by atoms with Gasteiger partial charge in [0.15, 0.2) is 0 Å². The fourth-order valence-corrected chi connectivity index (χ4v) is 1.61. The molecule has 21 heavy (non-hydrogen) atoms. The maximum atomic E-state index is 11.4. The van der Waals surface area contributed by atoms with Gasteiger partial charge in [0.25, 0.3) is 0 Å². The standard InChI is InChI=1S/C16H22N2O3/c1-2-3-5-10-15(19)17-11-12-18-16(20)21-13-14-8-6-4-7-9-14/h2-4,6-9H,5,10-13H2,1H3,(H,17,19)(H,18,20)/b3-2-. The fraction of sp³-hybridized carbons (Fsp3) is 0.375. The first kappa shape index (κ1) is 16.8. The van der Waals surface area contributed by atoms with Gasteiger partial charge >= 0.3 is 6.09 Å². The van der Waals surface area contributed by atoms with Gasteiger partial charge in [-0.2, -0.15) is 0 Å². The van der Waals surface area contributed by atoms with Crippen LogP contribution in [0.3, 0.4) is 0 Å². The number of hydrogen-bond acceptors (Lipinski definition) is 3. The van der Waals surface area contributed by atoms with Crippen molar-refractivity contribution in [3.05, 3.63) is 48.0 Å². The predicted molar refractivity (Wildman–Crippen MR) is 81.7 cm³/mol. The largest absolute Gasteiger partial charge is 0.445 e. The number of rotatable bonds is 8. The summed E-state index contributed by atoms with van der Waals surface area (Å²) in [5.41, 5.74) is 0.935. The van der Waals surface area contributed by atoms with E-state index in [1.165, 1.54) is 0 Å². The molecule has 0 aliphatic rings. The minimum atomic E-state index is -0.484. The molecule has 0 radical (unpaired) electrons. The van der Waals surface area contributed by atoms with E-state index in [9.17, 15) is 9.59 Å². The second-order valence-electron chi connectivity index (χ2n) is 4.45. The highest BCUT2D eigenvalue weighted by Crippen LogP contribution is 2.00. The van der Waals surface area contributed by atoms with Gasteiger partial charge in [0, 0.05) is 19.5 Å². The maximum absolute atomic E-state index is 11.4. The lowest BCUT2D eigenvalue weighted by Gasteiger charge is -2.08. The Labute approximate surface area is 125 Å². The lowest BCUT2D eigenvalue weighted by atomic mass is 10.2. The Hall–Kier alpha value is -2.30. The van der Waals surface area contributed by atoms with Crippen LogP contribution in [0.5, 0.6) is 0 Å². The average Bonchev–Trinajstić information content (AvgIpc) is 2.51. The first-order valence-electron chi connectivity index (χ1n) is 7.04. The Morgan fingerprint density at radius 2 is 1.86 bits per heavy atom. The minimum absolute atomic E-state index is 0.0208. The lowest BCUT2D eigenvalue weighted by molar-refractivity contribution is -0.120. The van der Waals surface area contributed by atoms with Gasteiger partial charge in [0.05, 0.1) is 0 Å². The van der Waals surface area contributed by atoms with Gasteiger partial charge in [-0.1, -0.05) is 42.5 Å². The Morgan fingerprint density at radius 1 is 1.14 bits per heavy atom. The number of allylic oxidation sites excluding steroid dienone is 2. The highest BCUT2D eigenvalue weighted by atomic mass is 16.5. The van der Waals surface area contributed by atoms with Crippen LogP contribution in [0, 0.1) is 0 Å². The monoisotopic (exact) mass is 290 g/mol. The molecule has 0 spiro atoms. The highest BCUT2D eigenvalue weighted by Gasteiger charge is 2.02. The summed E-state index contributed by atoms with van der Waals surface area (Å²) in [5.74, 6) is -0.0208. The molecular weight excluding hydrogens is 268 g/mol. The van der Waals surface area contributed by atoms with E-state index in [1.54, 1.807) is 0 Å². The molecule has 0 aliphatic heterocycles. The molecule has 0 aromatic heterocycles. The molecule has 0 atom stereocenters. The zero-order chi connectivity index (χ0) is 15.3. The van der Waals surface area contributed by atoms with Gasteiger partial charge in [0.1, 0.15) is 6.61 Å². The van der Waals surface area contributed by atoms with Crippen molar-refractivity contribution in [1.82, 2.24) is 10.6 Å². The van der Waals surface area contributed by atoms with E-state index < -0.39 is 6.09 Å². The summed E-state index contributed by atoms with van der Waals surface area (Å²) in [4.78, 5) is 22.8. The van der Waals surface area contributed by atoms with Crippen LogP contribution in [-0.4, -0.2) is 25.1 Å². The molecular formula is C16H22N2O3. The van der Waals surface area contributed by atoms with Gasteiger partial charge in [-0.15, -0.1) is 0 Å². The molecule has 1 aromatic carbocycles. The third-order valence-corrected chi connectivity index (χ3v) is 2.70. The summed E-state index contributed by atoms with van der Waals surface area (Å²) in [7, 11) is 0. The van der Waals surface area contributed by atoms with E-state index in [0.29, 0.717) is 19.5 Å². The molecule has 1 aromatic rings. The Kier molecular flexibility index (Phi) is 8.36. The summed E-state index contributed by atoms with van der Waals surface area (Å²) < 4.78 is 5.04. The van der Waals surface area contributed by atoms with E-state index in [4.69, 9.17) is 4.74 Å². The molecule has 0 aliphatic carbocycles. The topological polar surface area (TPSA) is 67.4 Å². The molecule has 2 amide bonds. The maximum Gasteiger partial charge on any atom is 0.407 e. The molecule has 0 fully saturated rings. The quantitative estimate of drug-likeness (QED) is 0.570. The Morgan fingerprint density at radius 3 is 2.57 bits per heavy atom. The second kappa shape index (κ2) is 10.5. The zero-order valence-corrected chi connectivity index (χ0v) is 12.3. The van der Waals surface area contributed by atoms with Crippen molar-refractivity contribution >= 4 is 12.0 Å². The number of nitrogens with one attached hydrogen (secondary N) is 2. The van der Waals surface area contributed by atoms with Crippen molar-refractivity contribution in [3.8, 4) is 0 Å². The van der Waals surface area contributed by atoms with Crippen molar-refractivity contribution in [2.24, 2.45) is 0 Å². The molecule has 0 saturated heterocycles. The van der Waals surface area contributed by atoms with E-state index in [1.807, 2.05) is 49.4 Å². The first-order valence-corrected chi connectivity index (χ1v) is 7.04. The normalized spacial score (nSPS) is 10.3. The predicted octanol–water partition coefficient (Wildman–Crippen LogP) is 2.39. The number of ether oxygens (including phenoxy) is 1. The number of benzene rings is 1. The molecule has 5 nitrogen and oxygen atoms in total. The van der Waals surface area contributed by atoms with E-state index in [0.717, 1.165) is 12.0 Å². The second-order valence-corrected chi connectivity index (χ2v) is 4.45. The first-order chi connectivity index (χ1) is 10.2. The molecule has 1 rings (SSSR count). The van der Waals surface area contributed by atoms with Crippen LogP contribution in [0.4, 0.5) is 4.79 Å². The van der Waals surface area contributed by atoms with Gasteiger partial charge in [-0.25, -0.2) is 4.79 Å².